The summed E-state index contributed by atoms with van der Waals surface area (Å²) in [5.41, 5.74) is 1.54. The van der Waals surface area contributed by atoms with Crippen molar-refractivity contribution in [2.45, 2.75) is 12.5 Å². The fraction of sp³-hybridized carbons (Fsp3) is 0.241. The number of rotatable bonds is 9. The zero-order chi connectivity index (χ0) is 29.5. The van der Waals surface area contributed by atoms with Crippen molar-refractivity contribution in [1.29, 1.82) is 0 Å². The molecule has 1 fully saturated rings. The van der Waals surface area contributed by atoms with Gasteiger partial charge in [-0.2, -0.15) is 0 Å². The van der Waals surface area contributed by atoms with Crippen molar-refractivity contribution in [2.75, 3.05) is 38.1 Å². The number of benzene rings is 3. The van der Waals surface area contributed by atoms with Crippen LogP contribution in [-0.2, 0) is 20.8 Å². The minimum Gasteiger partial charge on any atom is -0.342 e. The predicted octanol–water partition coefficient (Wildman–Crippen LogP) is 2.92. The number of nitro benzene ring substituents is 1. The number of halogens is 1. The van der Waals surface area contributed by atoms with Crippen molar-refractivity contribution in [2.24, 2.45) is 0 Å². The molecule has 1 heterocycles. The van der Waals surface area contributed by atoms with E-state index in [2.05, 4.69) is 5.32 Å². The molecule has 212 valence electrons. The number of non-ortho nitro benzene ring substituents is 1. The van der Waals surface area contributed by atoms with Gasteiger partial charge in [0.2, 0.25) is 17.7 Å². The van der Waals surface area contributed by atoms with Gasteiger partial charge in [0, 0.05) is 55.0 Å². The Labute approximate surface area is 241 Å². The summed E-state index contributed by atoms with van der Waals surface area (Å²) in [6.45, 7) is -0.218. The summed E-state index contributed by atoms with van der Waals surface area (Å²) >= 11 is 5.98. The van der Waals surface area contributed by atoms with E-state index in [0.29, 0.717) is 10.7 Å². The summed E-state index contributed by atoms with van der Waals surface area (Å²) in [4.78, 5) is 66.6. The monoisotopic (exact) mass is 577 g/mol. The fourth-order valence-electron chi connectivity index (χ4n) is 4.45. The van der Waals surface area contributed by atoms with E-state index in [9.17, 15) is 29.3 Å². The van der Waals surface area contributed by atoms with Gasteiger partial charge in [-0.15, -0.1) is 0 Å². The highest BCUT2D eigenvalue weighted by atomic mass is 35.5. The maximum atomic E-state index is 13.5. The van der Waals surface area contributed by atoms with Crippen molar-refractivity contribution in [3.63, 3.8) is 0 Å². The molecule has 0 radical (unpaired) electrons. The Kier molecular flexibility index (Phi) is 9.30. The van der Waals surface area contributed by atoms with Crippen LogP contribution >= 0.6 is 11.6 Å². The molecule has 0 unspecified atom stereocenters. The molecule has 1 aliphatic heterocycles. The highest BCUT2D eigenvalue weighted by Gasteiger charge is 2.31. The SMILES string of the molecule is CN(C(=O)[C@H](Cc1ccccc1)NC(=O)CN1CCN(C(=O)c2ccc([N+](=O)[O-])cc2)CC1=O)c1ccc(Cl)cc1. The van der Waals surface area contributed by atoms with E-state index in [-0.39, 0.29) is 49.8 Å². The summed E-state index contributed by atoms with van der Waals surface area (Å²) in [6.07, 6.45) is 0.245. The van der Waals surface area contributed by atoms with Gasteiger partial charge in [0.25, 0.3) is 11.6 Å². The highest BCUT2D eigenvalue weighted by Crippen LogP contribution is 2.19. The van der Waals surface area contributed by atoms with Gasteiger partial charge >= 0.3 is 0 Å². The zero-order valence-corrected chi connectivity index (χ0v) is 23.0. The molecular weight excluding hydrogens is 550 g/mol. The number of hydrogen-bond acceptors (Lipinski definition) is 6. The van der Waals surface area contributed by atoms with Gasteiger partial charge in [0.05, 0.1) is 11.5 Å². The molecule has 41 heavy (non-hydrogen) atoms. The van der Waals surface area contributed by atoms with Crippen LogP contribution in [0.25, 0.3) is 0 Å². The summed E-state index contributed by atoms with van der Waals surface area (Å²) in [6, 6.07) is 20.3. The number of nitrogens with zero attached hydrogens (tertiary/aromatic N) is 4. The Balaban J connectivity index is 1.39. The third-order valence-corrected chi connectivity index (χ3v) is 6.98. The second-order valence-electron chi connectivity index (χ2n) is 9.53. The number of hydrogen-bond donors (Lipinski definition) is 1. The molecule has 1 saturated heterocycles. The topological polar surface area (TPSA) is 133 Å². The molecule has 0 spiro atoms. The molecule has 0 bridgehead atoms. The van der Waals surface area contributed by atoms with Crippen LogP contribution in [0.3, 0.4) is 0 Å². The van der Waals surface area contributed by atoms with Gasteiger partial charge in [-0.25, -0.2) is 0 Å². The first-order valence-corrected chi connectivity index (χ1v) is 13.2. The first-order chi connectivity index (χ1) is 19.6. The van der Waals surface area contributed by atoms with E-state index in [1.54, 1.807) is 31.3 Å². The van der Waals surface area contributed by atoms with Crippen molar-refractivity contribution in [1.82, 2.24) is 15.1 Å². The van der Waals surface area contributed by atoms with Crippen LogP contribution in [-0.4, -0.2) is 77.6 Å². The quantitative estimate of drug-likeness (QED) is 0.307. The Bertz CT molecular complexity index is 1430. The number of nitro groups is 1. The van der Waals surface area contributed by atoms with E-state index < -0.39 is 28.7 Å². The molecular formula is C29H28ClN5O6. The lowest BCUT2D eigenvalue weighted by Crippen LogP contribution is -2.56. The maximum Gasteiger partial charge on any atom is 0.269 e. The van der Waals surface area contributed by atoms with Crippen LogP contribution in [0.15, 0.2) is 78.9 Å². The lowest BCUT2D eigenvalue weighted by molar-refractivity contribution is -0.384. The van der Waals surface area contributed by atoms with Crippen LogP contribution < -0.4 is 10.2 Å². The van der Waals surface area contributed by atoms with Gasteiger partial charge in [0.1, 0.15) is 12.6 Å². The van der Waals surface area contributed by atoms with Crippen LogP contribution in [0.1, 0.15) is 15.9 Å². The third-order valence-electron chi connectivity index (χ3n) is 6.73. The van der Waals surface area contributed by atoms with Crippen molar-refractivity contribution >= 4 is 46.6 Å². The van der Waals surface area contributed by atoms with Crippen molar-refractivity contribution in [3.05, 3.63) is 105 Å². The Morgan fingerprint density at radius 3 is 2.27 bits per heavy atom. The highest BCUT2D eigenvalue weighted by molar-refractivity contribution is 6.30. The molecule has 3 aromatic rings. The molecule has 11 nitrogen and oxygen atoms in total. The van der Waals surface area contributed by atoms with Crippen LogP contribution in [0.4, 0.5) is 11.4 Å². The summed E-state index contributed by atoms with van der Waals surface area (Å²) in [5, 5.41) is 14.2. The van der Waals surface area contributed by atoms with E-state index in [1.807, 2.05) is 30.3 Å². The average Bonchev–Trinajstić information content (AvgIpc) is 2.97. The lowest BCUT2D eigenvalue weighted by atomic mass is 10.0. The largest absolute Gasteiger partial charge is 0.342 e. The molecule has 12 heteroatoms. The Hall–Kier alpha value is -4.77. The van der Waals surface area contributed by atoms with Gasteiger partial charge < -0.3 is 20.0 Å². The van der Waals surface area contributed by atoms with Gasteiger partial charge in [-0.1, -0.05) is 41.9 Å². The fourth-order valence-corrected chi connectivity index (χ4v) is 4.57. The lowest BCUT2D eigenvalue weighted by Gasteiger charge is -2.34. The Morgan fingerprint density at radius 2 is 1.66 bits per heavy atom. The molecule has 0 aromatic heterocycles. The second-order valence-corrected chi connectivity index (χ2v) is 9.97. The molecule has 3 aromatic carbocycles. The number of carbonyl (C=O) groups excluding carboxylic acids is 4. The number of carbonyl (C=O) groups is 4. The minimum atomic E-state index is -0.898. The second kappa shape index (κ2) is 13.1. The van der Waals surface area contributed by atoms with Crippen molar-refractivity contribution in [3.8, 4) is 0 Å². The van der Waals surface area contributed by atoms with Crippen LogP contribution in [0, 0.1) is 10.1 Å². The van der Waals surface area contributed by atoms with Gasteiger partial charge in [-0.05, 0) is 42.0 Å². The van der Waals surface area contributed by atoms with E-state index in [0.717, 1.165) is 5.56 Å². The van der Waals surface area contributed by atoms with Crippen LogP contribution in [0.2, 0.25) is 5.02 Å². The minimum absolute atomic E-state index is 0.118. The Morgan fingerprint density at radius 1 is 1.00 bits per heavy atom. The summed E-state index contributed by atoms with van der Waals surface area (Å²) < 4.78 is 0. The summed E-state index contributed by atoms with van der Waals surface area (Å²) in [7, 11) is 1.61. The predicted molar refractivity (Wildman–Crippen MR) is 153 cm³/mol. The smallest absolute Gasteiger partial charge is 0.269 e. The van der Waals surface area contributed by atoms with E-state index in [4.69, 9.17) is 11.6 Å². The number of amides is 4. The molecule has 1 atom stereocenters. The van der Waals surface area contributed by atoms with Crippen LogP contribution in [0.5, 0.6) is 0 Å². The molecule has 4 rings (SSSR count). The molecule has 4 amide bonds. The van der Waals surface area contributed by atoms with Crippen molar-refractivity contribution < 1.29 is 24.1 Å². The average molecular weight is 578 g/mol. The zero-order valence-electron chi connectivity index (χ0n) is 22.2. The van der Waals surface area contributed by atoms with Gasteiger partial charge in [0.15, 0.2) is 0 Å². The molecule has 1 aliphatic rings. The molecule has 0 aliphatic carbocycles. The summed E-state index contributed by atoms with van der Waals surface area (Å²) in [5.74, 6) is -1.70. The molecule has 0 saturated carbocycles. The maximum absolute atomic E-state index is 13.5. The standard InChI is InChI=1S/C29H28ClN5O6/c1-32(23-13-9-22(30)10-14-23)29(39)25(17-20-5-3-2-4-6-20)31-26(36)18-33-15-16-34(19-27(33)37)28(38)21-7-11-24(12-8-21)35(40)41/h2-14,25H,15-19H2,1H3,(H,31,36)/t25-/m0/s1. The van der Waals surface area contributed by atoms with E-state index >= 15 is 0 Å². The normalized spacial score (nSPS) is 13.9. The molecule has 1 N–H and O–H groups in total. The van der Waals surface area contributed by atoms with Gasteiger partial charge in [-0.3, -0.25) is 29.3 Å². The number of nitrogens with one attached hydrogen (secondary N) is 1. The first kappa shape index (κ1) is 29.2. The number of likely N-dealkylation sites (N-methyl/N-ethyl adjacent to an activating group) is 1. The first-order valence-electron chi connectivity index (χ1n) is 12.8. The third kappa shape index (κ3) is 7.46. The number of anilines is 1. The number of piperazine rings is 1. The van der Waals surface area contributed by atoms with E-state index in [1.165, 1.54) is 39.0 Å².